The molecule has 12 heteroatoms. The van der Waals surface area contributed by atoms with Crippen LogP contribution in [0.2, 0.25) is 0 Å². The number of aliphatic hydroxyl groups is 1. The summed E-state index contributed by atoms with van der Waals surface area (Å²) in [6.45, 7) is 13.1. The lowest BCUT2D eigenvalue weighted by Gasteiger charge is -2.30. The second-order valence-electron chi connectivity index (χ2n) is 14.4. The topological polar surface area (TPSA) is 167 Å². The van der Waals surface area contributed by atoms with E-state index in [2.05, 4.69) is 26.6 Å². The lowest BCUT2D eigenvalue weighted by Crippen LogP contribution is -2.58. The number of carbonyl (C=O) groups excluding carboxylic acids is 4. The summed E-state index contributed by atoms with van der Waals surface area (Å²) in [5.74, 6) is -0.0674. The Hall–Kier alpha value is -4.16. The van der Waals surface area contributed by atoms with E-state index in [1.54, 1.807) is 0 Å². The van der Waals surface area contributed by atoms with Crippen molar-refractivity contribution in [3.05, 3.63) is 59.7 Å². The van der Waals surface area contributed by atoms with Crippen molar-refractivity contribution in [2.24, 2.45) is 11.8 Å². The minimum absolute atomic E-state index is 0.0456. The maximum absolute atomic E-state index is 14.0. The van der Waals surface area contributed by atoms with E-state index in [9.17, 15) is 24.3 Å². The second kappa shape index (κ2) is 22.8. The number of fused-ring (bicyclic) bond motifs is 14. The van der Waals surface area contributed by atoms with Crippen LogP contribution in [0, 0.1) is 11.8 Å². The molecule has 2 aliphatic rings. The Kier molecular flexibility index (Phi) is 18.6. The standard InChI is InChI=1S/C41H63N5O7/c1-7-22-42-40(50)38(28(6)8-2)46-39(49)34(25-30-14-18-31(19-15-30)52-9-3)43-26-35(47)33-24-29-16-20-32(21-17-29)53-23-12-10-11-13-36(48)45-37(27(4)5)41(51)44-33/h14-21,27-28,33-35,37-38,43,47H,7-13,22-26H2,1-6H3,(H,42,50)(H,44,51)(H,45,48)(H,46,49). The molecule has 4 rings (SSSR count). The number of benzene rings is 2. The largest absolute Gasteiger partial charge is 0.494 e. The predicted molar refractivity (Wildman–Crippen MR) is 207 cm³/mol. The first-order valence-electron chi connectivity index (χ1n) is 19.5. The highest BCUT2D eigenvalue weighted by atomic mass is 16.5. The van der Waals surface area contributed by atoms with Crippen LogP contribution in [0.5, 0.6) is 11.5 Å². The molecule has 6 atom stereocenters. The lowest BCUT2D eigenvalue weighted by atomic mass is 9.96. The molecule has 12 nitrogen and oxygen atoms in total. The van der Waals surface area contributed by atoms with Gasteiger partial charge in [-0.1, -0.05) is 65.3 Å². The molecule has 0 aliphatic carbocycles. The zero-order valence-corrected chi connectivity index (χ0v) is 32.5. The van der Waals surface area contributed by atoms with Gasteiger partial charge in [-0.15, -0.1) is 0 Å². The Morgan fingerprint density at radius 2 is 1.66 bits per heavy atom. The monoisotopic (exact) mass is 737 g/mol. The van der Waals surface area contributed by atoms with Crippen LogP contribution < -0.4 is 36.1 Å². The fourth-order valence-electron chi connectivity index (χ4n) is 6.17. The molecular formula is C41H63N5O7. The van der Waals surface area contributed by atoms with E-state index in [0.29, 0.717) is 44.8 Å². The van der Waals surface area contributed by atoms with E-state index in [4.69, 9.17) is 9.47 Å². The van der Waals surface area contributed by atoms with E-state index in [1.807, 2.05) is 90.1 Å². The Morgan fingerprint density at radius 3 is 2.30 bits per heavy atom. The van der Waals surface area contributed by atoms with Gasteiger partial charge in [0.25, 0.3) is 0 Å². The Labute approximate surface area is 315 Å². The lowest BCUT2D eigenvalue weighted by molar-refractivity contribution is -0.131. The third-order valence-electron chi connectivity index (χ3n) is 9.66. The number of hydrogen-bond donors (Lipinski definition) is 6. The average Bonchev–Trinajstić information content (AvgIpc) is 3.15. The first-order valence-corrected chi connectivity index (χ1v) is 19.5. The third-order valence-corrected chi connectivity index (χ3v) is 9.66. The first-order chi connectivity index (χ1) is 25.4. The summed E-state index contributed by atoms with van der Waals surface area (Å²) < 4.78 is 11.5. The van der Waals surface area contributed by atoms with Crippen LogP contribution >= 0.6 is 0 Å². The van der Waals surface area contributed by atoms with Crippen molar-refractivity contribution in [2.75, 3.05) is 26.3 Å². The van der Waals surface area contributed by atoms with Crippen molar-refractivity contribution in [1.82, 2.24) is 26.6 Å². The van der Waals surface area contributed by atoms with Crippen molar-refractivity contribution in [2.45, 2.75) is 123 Å². The van der Waals surface area contributed by atoms with Gasteiger partial charge in [0.15, 0.2) is 0 Å². The summed E-state index contributed by atoms with van der Waals surface area (Å²) in [4.78, 5) is 53.7. The maximum atomic E-state index is 14.0. The van der Waals surface area contributed by atoms with Crippen LogP contribution in [0.1, 0.15) is 91.2 Å². The maximum Gasteiger partial charge on any atom is 0.243 e. The molecule has 0 saturated heterocycles. The van der Waals surface area contributed by atoms with Crippen LogP contribution in [0.4, 0.5) is 0 Å². The summed E-state index contributed by atoms with van der Waals surface area (Å²) in [6, 6.07) is 11.9. The fraction of sp³-hybridized carbons (Fsp3) is 0.610. The summed E-state index contributed by atoms with van der Waals surface area (Å²) in [7, 11) is 0. The Morgan fingerprint density at radius 1 is 0.943 bits per heavy atom. The van der Waals surface area contributed by atoms with Gasteiger partial charge in [-0.05, 0) is 92.7 Å². The minimum Gasteiger partial charge on any atom is -0.494 e. The van der Waals surface area contributed by atoms with Gasteiger partial charge >= 0.3 is 0 Å². The number of carbonyl (C=O) groups is 4. The highest BCUT2D eigenvalue weighted by molar-refractivity contribution is 5.90. The molecule has 2 aromatic carbocycles. The van der Waals surface area contributed by atoms with E-state index in [1.165, 1.54) is 0 Å². The molecule has 0 fully saturated rings. The van der Waals surface area contributed by atoms with Gasteiger partial charge in [0.2, 0.25) is 23.6 Å². The molecule has 4 amide bonds. The van der Waals surface area contributed by atoms with Crippen LogP contribution in [0.3, 0.4) is 0 Å². The zero-order valence-electron chi connectivity index (χ0n) is 32.5. The summed E-state index contributed by atoms with van der Waals surface area (Å²) in [6.07, 6.45) is 3.51. The van der Waals surface area contributed by atoms with Crippen molar-refractivity contribution < 1.29 is 33.8 Å². The van der Waals surface area contributed by atoms with Crippen molar-refractivity contribution in [3.63, 3.8) is 0 Å². The van der Waals surface area contributed by atoms with Crippen molar-refractivity contribution in [1.29, 1.82) is 0 Å². The number of ether oxygens (including phenoxy) is 2. The van der Waals surface area contributed by atoms with Crippen molar-refractivity contribution >= 4 is 23.6 Å². The molecule has 6 N–H and O–H groups in total. The van der Waals surface area contributed by atoms with E-state index in [-0.39, 0.29) is 54.9 Å². The van der Waals surface area contributed by atoms with Crippen molar-refractivity contribution in [3.8, 4) is 11.5 Å². The summed E-state index contributed by atoms with van der Waals surface area (Å²) in [5, 5.41) is 26.8. The van der Waals surface area contributed by atoms with Crippen LogP contribution in [0.25, 0.3) is 0 Å². The molecule has 0 saturated carbocycles. The Balaban J connectivity index is 1.88. The quantitative estimate of drug-likeness (QED) is 0.151. The van der Waals surface area contributed by atoms with Gasteiger partial charge in [-0.2, -0.15) is 0 Å². The van der Waals surface area contributed by atoms with Crippen LogP contribution in [-0.4, -0.2) is 85.3 Å². The molecule has 6 unspecified atom stereocenters. The van der Waals surface area contributed by atoms with Gasteiger partial charge in [-0.25, -0.2) is 0 Å². The van der Waals surface area contributed by atoms with E-state index in [0.717, 1.165) is 36.1 Å². The van der Waals surface area contributed by atoms with Gasteiger partial charge < -0.3 is 41.2 Å². The molecule has 0 radical (unpaired) electrons. The SMILES string of the molecule is CCCNC(=O)C(NC(=O)C(Cc1ccc(OCC)cc1)NCC(O)C1Cc2ccc(cc2)OCCCCCC(=O)NC(C(C)C)C(=O)N1)C(C)CC. The molecular weight excluding hydrogens is 674 g/mol. The minimum atomic E-state index is -1.13. The van der Waals surface area contributed by atoms with Gasteiger partial charge in [-0.3, -0.25) is 19.2 Å². The van der Waals surface area contributed by atoms with E-state index >= 15 is 0 Å². The van der Waals surface area contributed by atoms with Crippen LogP contribution in [0.15, 0.2) is 48.5 Å². The molecule has 2 heterocycles. The molecule has 2 aromatic rings. The normalized spacial score (nSPS) is 19.5. The number of rotatable bonds is 16. The number of hydrogen-bond acceptors (Lipinski definition) is 8. The average molecular weight is 738 g/mol. The molecule has 0 aromatic heterocycles. The number of aliphatic hydroxyl groups excluding tert-OH is 1. The molecule has 294 valence electrons. The van der Waals surface area contributed by atoms with Gasteiger partial charge in [0.05, 0.1) is 31.4 Å². The molecule has 2 aliphatic heterocycles. The molecule has 0 spiro atoms. The molecule has 53 heavy (non-hydrogen) atoms. The molecule has 2 bridgehead atoms. The number of amides is 4. The fourth-order valence-corrected chi connectivity index (χ4v) is 6.17. The third kappa shape index (κ3) is 14.6. The zero-order chi connectivity index (χ0) is 38.8. The highest BCUT2D eigenvalue weighted by Crippen LogP contribution is 2.18. The van der Waals surface area contributed by atoms with Crippen LogP contribution in [-0.2, 0) is 32.0 Å². The first kappa shape index (κ1) is 43.2. The van der Waals surface area contributed by atoms with E-state index < -0.39 is 30.3 Å². The predicted octanol–water partition coefficient (Wildman–Crippen LogP) is 3.83. The van der Waals surface area contributed by atoms with Gasteiger partial charge in [0, 0.05) is 19.5 Å². The second-order valence-corrected chi connectivity index (χ2v) is 14.4. The smallest absolute Gasteiger partial charge is 0.243 e. The Bertz CT molecular complexity index is 1420. The van der Waals surface area contributed by atoms with Gasteiger partial charge in [0.1, 0.15) is 23.6 Å². The summed E-state index contributed by atoms with van der Waals surface area (Å²) >= 11 is 0. The summed E-state index contributed by atoms with van der Waals surface area (Å²) in [5.41, 5.74) is 1.73. The highest BCUT2D eigenvalue weighted by Gasteiger charge is 2.32. The number of nitrogens with one attached hydrogen (secondary N) is 5.